The molecule has 1 amide bonds. The van der Waals surface area contributed by atoms with Gasteiger partial charge in [0.2, 0.25) is 5.91 Å². The minimum atomic E-state index is -1.10. The highest BCUT2D eigenvalue weighted by Gasteiger charge is 2.35. The Morgan fingerprint density at radius 3 is 2.48 bits per heavy atom. The second-order valence-corrected chi connectivity index (χ2v) is 5.54. The molecule has 0 bridgehead atoms. The topological polar surface area (TPSA) is 70.1 Å². The number of aliphatic carboxylic acids is 1. The molecule has 1 aromatic rings. The van der Waals surface area contributed by atoms with Gasteiger partial charge in [-0.2, -0.15) is 0 Å². The molecule has 1 heterocycles. The maximum atomic E-state index is 14.2. The molecule has 1 aliphatic heterocycles. The van der Waals surface area contributed by atoms with E-state index in [9.17, 15) is 14.0 Å². The Hall–Kier alpha value is -1.99. The number of hydrogen-bond donors (Lipinski definition) is 1. The Bertz CT molecular complexity index is 575. The van der Waals surface area contributed by atoms with Gasteiger partial charge >= 0.3 is 5.97 Å². The molecule has 126 valence electrons. The van der Waals surface area contributed by atoms with Crippen molar-refractivity contribution in [2.24, 2.45) is 0 Å². The summed E-state index contributed by atoms with van der Waals surface area (Å²) in [6.45, 7) is 3.31. The van der Waals surface area contributed by atoms with Gasteiger partial charge in [0.1, 0.15) is 17.9 Å². The van der Waals surface area contributed by atoms with Crippen LogP contribution in [0, 0.1) is 5.82 Å². The lowest BCUT2D eigenvalue weighted by Gasteiger charge is -2.36. The largest absolute Gasteiger partial charge is 0.480 e. The van der Waals surface area contributed by atoms with Gasteiger partial charge in [-0.1, -0.05) is 18.2 Å². The van der Waals surface area contributed by atoms with E-state index >= 15 is 0 Å². The average Bonchev–Trinajstić information content (AvgIpc) is 2.56. The van der Waals surface area contributed by atoms with Crippen molar-refractivity contribution in [3.05, 3.63) is 35.6 Å². The van der Waals surface area contributed by atoms with Gasteiger partial charge in [-0.3, -0.25) is 9.69 Å². The van der Waals surface area contributed by atoms with Crippen LogP contribution >= 0.6 is 0 Å². The van der Waals surface area contributed by atoms with Gasteiger partial charge in [0, 0.05) is 25.7 Å². The van der Waals surface area contributed by atoms with Crippen molar-refractivity contribution in [2.75, 3.05) is 33.4 Å². The highest BCUT2D eigenvalue weighted by Crippen LogP contribution is 2.26. The van der Waals surface area contributed by atoms with E-state index < -0.39 is 29.8 Å². The molecular weight excluding hydrogens is 303 g/mol. The second kappa shape index (κ2) is 7.52. The fourth-order valence-electron chi connectivity index (χ4n) is 2.57. The first-order valence-electron chi connectivity index (χ1n) is 7.49. The number of carboxylic acids is 1. The zero-order chi connectivity index (χ0) is 17.0. The molecule has 1 fully saturated rings. The third kappa shape index (κ3) is 3.86. The molecule has 0 aliphatic carbocycles. The maximum Gasteiger partial charge on any atom is 0.326 e. The Balaban J connectivity index is 2.35. The van der Waals surface area contributed by atoms with Crippen LogP contribution in [0.25, 0.3) is 0 Å². The molecule has 1 aliphatic rings. The molecule has 2 atom stereocenters. The second-order valence-electron chi connectivity index (χ2n) is 5.54. The highest BCUT2D eigenvalue weighted by molar-refractivity contribution is 5.87. The van der Waals surface area contributed by atoms with Crippen molar-refractivity contribution in [3.63, 3.8) is 0 Å². The van der Waals surface area contributed by atoms with Crippen LogP contribution in [0.2, 0.25) is 0 Å². The summed E-state index contributed by atoms with van der Waals surface area (Å²) in [5.74, 6) is -2.02. The fraction of sp³-hybridized carbons (Fsp3) is 0.500. The summed E-state index contributed by atoms with van der Waals surface area (Å²) in [6, 6.07) is 4.25. The molecule has 6 nitrogen and oxygen atoms in total. The van der Waals surface area contributed by atoms with Crippen LogP contribution in [0.4, 0.5) is 4.39 Å². The number of morpholine rings is 1. The van der Waals surface area contributed by atoms with Crippen LogP contribution in [0.1, 0.15) is 18.5 Å². The van der Waals surface area contributed by atoms with Gasteiger partial charge in [0.05, 0.1) is 13.2 Å². The molecule has 0 radical (unpaired) electrons. The number of likely N-dealkylation sites (N-methyl/N-ethyl adjacent to an activating group) is 1. The molecule has 7 heteroatoms. The van der Waals surface area contributed by atoms with Crippen LogP contribution in [0.3, 0.4) is 0 Å². The summed E-state index contributed by atoms with van der Waals surface area (Å²) in [4.78, 5) is 27.0. The minimum Gasteiger partial charge on any atom is -0.480 e. The summed E-state index contributed by atoms with van der Waals surface area (Å²) in [6.07, 6.45) is 0. The Kier molecular flexibility index (Phi) is 5.68. The number of carbonyl (C=O) groups is 2. The van der Waals surface area contributed by atoms with E-state index in [-0.39, 0.29) is 5.56 Å². The van der Waals surface area contributed by atoms with E-state index in [1.165, 1.54) is 20.0 Å². The Labute approximate surface area is 134 Å². The fourth-order valence-corrected chi connectivity index (χ4v) is 2.57. The third-order valence-corrected chi connectivity index (χ3v) is 4.13. The first-order valence-corrected chi connectivity index (χ1v) is 7.49. The molecule has 1 saturated heterocycles. The summed E-state index contributed by atoms with van der Waals surface area (Å²) >= 11 is 0. The summed E-state index contributed by atoms with van der Waals surface area (Å²) in [5.41, 5.74) is 0.254. The van der Waals surface area contributed by atoms with Crippen molar-refractivity contribution in [3.8, 4) is 0 Å². The monoisotopic (exact) mass is 324 g/mol. The van der Waals surface area contributed by atoms with Crippen molar-refractivity contribution in [1.29, 1.82) is 0 Å². The molecule has 23 heavy (non-hydrogen) atoms. The first-order chi connectivity index (χ1) is 10.9. The van der Waals surface area contributed by atoms with E-state index in [1.54, 1.807) is 18.2 Å². The van der Waals surface area contributed by atoms with E-state index in [2.05, 4.69) is 0 Å². The van der Waals surface area contributed by atoms with Gasteiger partial charge in [-0.25, -0.2) is 9.18 Å². The molecule has 1 N–H and O–H groups in total. The molecule has 1 aromatic carbocycles. The van der Waals surface area contributed by atoms with Gasteiger partial charge < -0.3 is 14.7 Å². The first kappa shape index (κ1) is 17.4. The van der Waals surface area contributed by atoms with Crippen LogP contribution in [-0.4, -0.2) is 66.2 Å². The van der Waals surface area contributed by atoms with E-state index in [0.29, 0.717) is 26.3 Å². The average molecular weight is 324 g/mol. The molecular formula is C16H21FN2O4. The lowest BCUT2D eigenvalue weighted by atomic mass is 10.0. The van der Waals surface area contributed by atoms with E-state index in [0.717, 1.165) is 4.90 Å². The quantitative estimate of drug-likeness (QED) is 0.879. The molecule has 0 aromatic heterocycles. The zero-order valence-electron chi connectivity index (χ0n) is 13.2. The molecule has 0 unspecified atom stereocenters. The Morgan fingerprint density at radius 1 is 1.30 bits per heavy atom. The number of halogens is 1. The third-order valence-electron chi connectivity index (χ3n) is 4.13. The molecule has 0 saturated carbocycles. The predicted octanol–water partition coefficient (Wildman–Crippen LogP) is 1.13. The molecule has 0 spiro atoms. The van der Waals surface area contributed by atoms with Crippen molar-refractivity contribution in [2.45, 2.75) is 19.0 Å². The molecule has 2 rings (SSSR count). The van der Waals surface area contributed by atoms with E-state index in [4.69, 9.17) is 9.84 Å². The number of carboxylic acid groups (broad SMARTS) is 1. The van der Waals surface area contributed by atoms with Crippen molar-refractivity contribution < 1.29 is 23.8 Å². The lowest BCUT2D eigenvalue weighted by Crippen LogP contribution is -2.50. The number of carbonyl (C=O) groups excluding carboxylic acids is 1. The van der Waals surface area contributed by atoms with Crippen LogP contribution in [0.15, 0.2) is 24.3 Å². The number of rotatable bonds is 5. The van der Waals surface area contributed by atoms with Gasteiger partial charge in [-0.15, -0.1) is 0 Å². The summed E-state index contributed by atoms with van der Waals surface area (Å²) in [5, 5.41) is 9.12. The minimum absolute atomic E-state index is 0.254. The SMILES string of the molecule is C[C@H](C(=O)O)N(C)C(=O)[C@H](c1ccccc1F)N1CCOCC1. The van der Waals surface area contributed by atoms with Crippen LogP contribution in [-0.2, 0) is 14.3 Å². The standard InChI is InChI=1S/C16H21FN2O4/c1-11(16(21)22)18(2)15(20)14(19-7-9-23-10-8-19)12-5-3-4-6-13(12)17/h3-6,11,14H,7-10H2,1-2H3,(H,21,22)/t11-,14+/m1/s1. The van der Waals surface area contributed by atoms with Gasteiger partial charge in [-0.05, 0) is 13.0 Å². The number of nitrogens with zero attached hydrogens (tertiary/aromatic N) is 2. The van der Waals surface area contributed by atoms with Crippen LogP contribution < -0.4 is 0 Å². The smallest absolute Gasteiger partial charge is 0.326 e. The van der Waals surface area contributed by atoms with Gasteiger partial charge in [0.15, 0.2) is 0 Å². The van der Waals surface area contributed by atoms with E-state index in [1.807, 2.05) is 4.90 Å². The summed E-state index contributed by atoms with van der Waals surface area (Å²) in [7, 11) is 1.43. The zero-order valence-corrected chi connectivity index (χ0v) is 13.2. The van der Waals surface area contributed by atoms with Crippen molar-refractivity contribution >= 4 is 11.9 Å². The van der Waals surface area contributed by atoms with Gasteiger partial charge in [0.25, 0.3) is 0 Å². The number of hydrogen-bond acceptors (Lipinski definition) is 4. The normalized spacial score (nSPS) is 18.2. The maximum absolute atomic E-state index is 14.2. The Morgan fingerprint density at radius 2 is 1.91 bits per heavy atom. The lowest BCUT2D eigenvalue weighted by molar-refractivity contribution is -0.151. The predicted molar refractivity (Wildman–Crippen MR) is 81.4 cm³/mol. The highest BCUT2D eigenvalue weighted by atomic mass is 19.1. The number of amides is 1. The number of benzene rings is 1. The number of ether oxygens (including phenoxy) is 1. The van der Waals surface area contributed by atoms with Crippen LogP contribution in [0.5, 0.6) is 0 Å². The van der Waals surface area contributed by atoms with Crippen molar-refractivity contribution in [1.82, 2.24) is 9.80 Å². The summed E-state index contributed by atoms with van der Waals surface area (Å²) < 4.78 is 19.5.